The van der Waals surface area contributed by atoms with Gasteiger partial charge in [-0.25, -0.2) is 15.0 Å². The molecule has 0 saturated heterocycles. The average Bonchev–Trinajstić information content (AvgIpc) is 3.51. The van der Waals surface area contributed by atoms with E-state index in [1.165, 1.54) is 5.56 Å². The van der Waals surface area contributed by atoms with E-state index in [1.54, 1.807) is 0 Å². The number of rotatable bonds is 5. The minimum atomic E-state index is -0.169. The van der Waals surface area contributed by atoms with E-state index in [0.29, 0.717) is 17.5 Å². The lowest BCUT2D eigenvalue weighted by Gasteiger charge is -2.17. The van der Waals surface area contributed by atoms with E-state index >= 15 is 0 Å². The van der Waals surface area contributed by atoms with Gasteiger partial charge in [-0.05, 0) is 51.7 Å². The Morgan fingerprint density at radius 3 is 1.70 bits per heavy atom. The van der Waals surface area contributed by atoms with E-state index < -0.39 is 0 Å². The topological polar surface area (TPSA) is 60.8 Å². The molecule has 0 amide bonds. The summed E-state index contributed by atoms with van der Waals surface area (Å²) >= 11 is 0. The molecule has 0 saturated carbocycles. The summed E-state index contributed by atoms with van der Waals surface area (Å²) in [5, 5.41) is 2.04. The number of pyridine rings is 1. The maximum absolute atomic E-state index is 6.68. The van der Waals surface area contributed by atoms with Crippen LogP contribution in [-0.4, -0.2) is 26.0 Å². The van der Waals surface area contributed by atoms with Gasteiger partial charge < -0.3 is 4.74 Å². The van der Waals surface area contributed by atoms with Crippen molar-refractivity contribution in [2.24, 2.45) is 0 Å². The van der Waals surface area contributed by atoms with E-state index in [-0.39, 0.29) is 12.0 Å². The summed E-state index contributed by atoms with van der Waals surface area (Å²) in [5.41, 5.74) is 8.33. The fourth-order valence-electron chi connectivity index (χ4n) is 6.59. The summed E-state index contributed by atoms with van der Waals surface area (Å²) in [6.07, 6.45) is 6.06. The molecule has 5 heteroatoms. The van der Waals surface area contributed by atoms with Gasteiger partial charge in [-0.3, -0.25) is 4.98 Å². The second-order valence-electron chi connectivity index (χ2n) is 11.8. The first kappa shape index (κ1) is 27.1. The first-order chi connectivity index (χ1) is 23.3. The van der Waals surface area contributed by atoms with Crippen LogP contribution in [0.25, 0.3) is 68.6 Å². The Kier molecular flexibility index (Phi) is 6.53. The highest BCUT2D eigenvalue weighted by molar-refractivity contribution is 5.81. The van der Waals surface area contributed by atoms with Gasteiger partial charge in [0.2, 0.25) is 0 Å². The van der Waals surface area contributed by atoms with Crippen molar-refractivity contribution >= 4 is 12.2 Å². The SMILES string of the molecule is C1=c2cccnc2=CC2Oc3cc(-c4ccccc4)cc(-c4nc(-c5ccccc5)nc(-c5ccc(-c6ccccc6)cc5)n4)c3C12. The van der Waals surface area contributed by atoms with Gasteiger partial charge >= 0.3 is 0 Å². The van der Waals surface area contributed by atoms with Crippen LogP contribution in [-0.2, 0) is 0 Å². The summed E-state index contributed by atoms with van der Waals surface area (Å²) in [7, 11) is 0. The Balaban J connectivity index is 1.25. The maximum atomic E-state index is 6.68. The lowest BCUT2D eigenvalue weighted by molar-refractivity contribution is 0.288. The predicted molar refractivity (Wildman–Crippen MR) is 187 cm³/mol. The van der Waals surface area contributed by atoms with Crippen molar-refractivity contribution in [1.29, 1.82) is 0 Å². The summed E-state index contributed by atoms with van der Waals surface area (Å²) < 4.78 is 6.68. The van der Waals surface area contributed by atoms with Gasteiger partial charge in [0.05, 0.1) is 5.35 Å². The van der Waals surface area contributed by atoms with Gasteiger partial charge in [0.15, 0.2) is 17.5 Å². The molecule has 5 nitrogen and oxygen atoms in total. The lowest BCUT2D eigenvalue weighted by Crippen LogP contribution is -2.36. The summed E-state index contributed by atoms with van der Waals surface area (Å²) in [6, 6.07) is 47.8. The number of benzene rings is 5. The van der Waals surface area contributed by atoms with Crippen molar-refractivity contribution in [3.8, 4) is 62.2 Å². The van der Waals surface area contributed by atoms with Crippen LogP contribution >= 0.6 is 0 Å². The van der Waals surface area contributed by atoms with Crippen LogP contribution < -0.4 is 15.3 Å². The normalized spacial score (nSPS) is 15.7. The molecule has 7 aromatic rings. The number of hydrogen-bond acceptors (Lipinski definition) is 5. The van der Waals surface area contributed by atoms with Gasteiger partial charge in [-0.15, -0.1) is 0 Å². The zero-order chi connectivity index (χ0) is 31.2. The van der Waals surface area contributed by atoms with Crippen molar-refractivity contribution in [2.75, 3.05) is 0 Å². The first-order valence-corrected chi connectivity index (χ1v) is 15.8. The number of fused-ring (bicyclic) bond motifs is 4. The van der Waals surface area contributed by atoms with Crippen molar-refractivity contribution in [2.45, 2.75) is 12.0 Å². The van der Waals surface area contributed by atoms with Crippen LogP contribution in [0.1, 0.15) is 11.5 Å². The quantitative estimate of drug-likeness (QED) is 0.201. The largest absolute Gasteiger partial charge is 0.485 e. The minimum absolute atomic E-state index is 0.00734. The number of aromatic nitrogens is 4. The second kappa shape index (κ2) is 11.3. The third kappa shape index (κ3) is 4.99. The average molecular weight is 605 g/mol. The zero-order valence-corrected chi connectivity index (χ0v) is 25.4. The van der Waals surface area contributed by atoms with Crippen LogP contribution in [0, 0.1) is 0 Å². The molecule has 1 aliphatic carbocycles. The van der Waals surface area contributed by atoms with E-state index in [2.05, 4.69) is 108 Å². The minimum Gasteiger partial charge on any atom is -0.485 e. The summed E-state index contributed by atoms with van der Waals surface area (Å²) in [6.45, 7) is 0. The molecule has 222 valence electrons. The van der Waals surface area contributed by atoms with Crippen LogP contribution in [0.2, 0.25) is 0 Å². The highest BCUT2D eigenvalue weighted by atomic mass is 16.5. The van der Waals surface area contributed by atoms with Crippen LogP contribution in [0.5, 0.6) is 5.75 Å². The number of hydrogen-bond donors (Lipinski definition) is 0. The Bertz CT molecular complexity index is 2380. The molecule has 0 fully saturated rings. The molecule has 5 aromatic carbocycles. The van der Waals surface area contributed by atoms with E-state index in [9.17, 15) is 0 Å². The molecule has 9 rings (SSSR count). The van der Waals surface area contributed by atoms with E-state index in [4.69, 9.17) is 19.7 Å². The molecule has 0 N–H and O–H groups in total. The van der Waals surface area contributed by atoms with Crippen molar-refractivity contribution in [3.05, 3.63) is 162 Å². The standard InChI is InChI=1S/C42H28N4O/c1-4-11-27(12-5-1)29-18-20-31(21-19-29)41-44-40(30-15-8-3-9-16-30)45-42(46-41)35-24-33(28-13-6-2-7-14-28)25-38-39(35)34-23-32-17-10-22-43-36(32)26-37(34)47-38/h1-26,34,37H. The fraction of sp³-hybridized carbons (Fsp3) is 0.0476. The van der Waals surface area contributed by atoms with Crippen molar-refractivity contribution in [3.63, 3.8) is 0 Å². The molecular weight excluding hydrogens is 576 g/mol. The van der Waals surface area contributed by atoms with Crippen LogP contribution in [0.3, 0.4) is 0 Å². The molecule has 0 bridgehead atoms. The maximum Gasteiger partial charge on any atom is 0.164 e. The summed E-state index contributed by atoms with van der Waals surface area (Å²) in [4.78, 5) is 19.9. The fourth-order valence-corrected chi connectivity index (χ4v) is 6.59. The Morgan fingerprint density at radius 2 is 1.02 bits per heavy atom. The molecule has 2 atom stereocenters. The van der Waals surface area contributed by atoms with Crippen LogP contribution in [0.4, 0.5) is 0 Å². The lowest BCUT2D eigenvalue weighted by atomic mass is 9.86. The van der Waals surface area contributed by atoms with Gasteiger partial charge in [-0.2, -0.15) is 0 Å². The van der Waals surface area contributed by atoms with E-state index in [0.717, 1.165) is 55.3 Å². The molecule has 0 spiro atoms. The molecule has 0 radical (unpaired) electrons. The highest BCUT2D eigenvalue weighted by Crippen LogP contribution is 2.48. The van der Waals surface area contributed by atoms with Gasteiger partial charge in [0.1, 0.15) is 11.9 Å². The van der Waals surface area contributed by atoms with Crippen LogP contribution in [0.15, 0.2) is 146 Å². The summed E-state index contributed by atoms with van der Waals surface area (Å²) in [5.74, 6) is 2.70. The van der Waals surface area contributed by atoms with Crippen molar-refractivity contribution < 1.29 is 4.74 Å². The third-order valence-electron chi connectivity index (χ3n) is 8.91. The number of nitrogens with zero attached hydrogens (tertiary/aromatic N) is 4. The number of ether oxygens (including phenoxy) is 1. The van der Waals surface area contributed by atoms with Gasteiger partial charge in [0, 0.05) is 34.4 Å². The molecular formula is C42H28N4O. The Labute approximate surface area is 272 Å². The van der Waals surface area contributed by atoms with Crippen molar-refractivity contribution in [1.82, 2.24) is 19.9 Å². The Hall–Kier alpha value is -6.20. The van der Waals surface area contributed by atoms with Gasteiger partial charge in [-0.1, -0.05) is 127 Å². The monoisotopic (exact) mass is 604 g/mol. The molecule has 2 unspecified atom stereocenters. The predicted octanol–water partition coefficient (Wildman–Crippen LogP) is 7.72. The molecule has 2 aliphatic rings. The molecule has 1 aliphatic heterocycles. The van der Waals surface area contributed by atoms with Gasteiger partial charge in [0.25, 0.3) is 0 Å². The zero-order valence-electron chi connectivity index (χ0n) is 25.4. The highest BCUT2D eigenvalue weighted by Gasteiger charge is 2.37. The Morgan fingerprint density at radius 1 is 0.468 bits per heavy atom. The third-order valence-corrected chi connectivity index (χ3v) is 8.91. The molecule has 47 heavy (non-hydrogen) atoms. The smallest absolute Gasteiger partial charge is 0.164 e. The molecule has 3 heterocycles. The molecule has 2 aromatic heterocycles. The second-order valence-corrected chi connectivity index (χ2v) is 11.8. The first-order valence-electron chi connectivity index (χ1n) is 15.8. The van der Waals surface area contributed by atoms with E-state index in [1.807, 2.05) is 54.7 Å².